The number of amides is 2. The molecule has 0 atom stereocenters. The third-order valence-electron chi connectivity index (χ3n) is 2.58. The quantitative estimate of drug-likeness (QED) is 0.665. The molecule has 19 heavy (non-hydrogen) atoms. The first-order valence-electron chi connectivity index (χ1n) is 5.67. The lowest BCUT2D eigenvalue weighted by atomic mass is 10.2. The Hall–Kier alpha value is -2.76. The van der Waals surface area contributed by atoms with Crippen molar-refractivity contribution >= 4 is 23.2 Å². The van der Waals surface area contributed by atoms with Gasteiger partial charge in [-0.1, -0.05) is 0 Å². The van der Waals surface area contributed by atoms with Gasteiger partial charge in [0.2, 0.25) is 0 Å². The van der Waals surface area contributed by atoms with E-state index in [4.69, 9.17) is 5.73 Å². The Balaban J connectivity index is 2.07. The number of H-pyrrole nitrogens is 1. The standard InChI is InChI=1S/C13H14N4O2/c1-15-12(18)8-2-4-10(5-3-8)17-13(19)11-6-9(14)7-16-11/h2-7,16H,14H2,1H3,(H,15,18)(H,17,19). The third kappa shape index (κ3) is 2.92. The average molecular weight is 258 g/mol. The summed E-state index contributed by atoms with van der Waals surface area (Å²) in [6.07, 6.45) is 1.55. The fourth-order valence-corrected chi connectivity index (χ4v) is 1.59. The van der Waals surface area contributed by atoms with Gasteiger partial charge < -0.3 is 21.4 Å². The average Bonchev–Trinajstić information content (AvgIpc) is 2.85. The van der Waals surface area contributed by atoms with Crippen molar-refractivity contribution in [3.8, 4) is 0 Å². The van der Waals surface area contributed by atoms with E-state index in [9.17, 15) is 9.59 Å². The summed E-state index contributed by atoms with van der Waals surface area (Å²) in [5.41, 5.74) is 7.54. The third-order valence-corrected chi connectivity index (χ3v) is 2.58. The number of anilines is 2. The van der Waals surface area contributed by atoms with E-state index in [1.165, 1.54) is 0 Å². The second-order valence-corrected chi connectivity index (χ2v) is 3.96. The van der Waals surface area contributed by atoms with Crippen molar-refractivity contribution in [1.82, 2.24) is 10.3 Å². The summed E-state index contributed by atoms with van der Waals surface area (Å²) in [5.74, 6) is -0.459. The van der Waals surface area contributed by atoms with Crippen LogP contribution in [0.1, 0.15) is 20.8 Å². The van der Waals surface area contributed by atoms with Crippen LogP contribution in [-0.4, -0.2) is 23.8 Å². The monoisotopic (exact) mass is 258 g/mol. The molecule has 2 amide bonds. The lowest BCUT2D eigenvalue weighted by molar-refractivity contribution is 0.0962. The molecule has 0 spiro atoms. The zero-order chi connectivity index (χ0) is 13.8. The van der Waals surface area contributed by atoms with Crippen LogP contribution in [0.2, 0.25) is 0 Å². The molecule has 1 aromatic heterocycles. The molecule has 0 aliphatic heterocycles. The number of aromatic amines is 1. The van der Waals surface area contributed by atoms with Crippen LogP contribution >= 0.6 is 0 Å². The van der Waals surface area contributed by atoms with E-state index >= 15 is 0 Å². The van der Waals surface area contributed by atoms with Gasteiger partial charge in [-0.25, -0.2) is 0 Å². The summed E-state index contributed by atoms with van der Waals surface area (Å²) >= 11 is 0. The predicted octanol–water partition coefficient (Wildman–Crippen LogP) is 1.21. The van der Waals surface area contributed by atoms with E-state index in [-0.39, 0.29) is 11.8 Å². The molecule has 0 unspecified atom stereocenters. The van der Waals surface area contributed by atoms with Crippen LogP contribution in [0.4, 0.5) is 11.4 Å². The van der Waals surface area contributed by atoms with Crippen molar-refractivity contribution in [2.24, 2.45) is 0 Å². The van der Waals surface area contributed by atoms with E-state index in [2.05, 4.69) is 15.6 Å². The highest BCUT2D eigenvalue weighted by Gasteiger charge is 2.08. The van der Waals surface area contributed by atoms with Crippen molar-refractivity contribution in [3.63, 3.8) is 0 Å². The van der Waals surface area contributed by atoms with Gasteiger partial charge in [-0.3, -0.25) is 9.59 Å². The number of aromatic nitrogens is 1. The molecule has 0 bridgehead atoms. The molecular weight excluding hydrogens is 244 g/mol. The molecule has 0 saturated heterocycles. The number of nitrogen functional groups attached to an aromatic ring is 1. The number of carbonyl (C=O) groups excluding carboxylic acids is 2. The molecule has 0 fully saturated rings. The summed E-state index contributed by atoms with van der Waals surface area (Å²) in [5, 5.41) is 5.22. The van der Waals surface area contributed by atoms with Crippen LogP contribution in [-0.2, 0) is 0 Å². The molecule has 0 saturated carbocycles. The fourth-order valence-electron chi connectivity index (χ4n) is 1.59. The zero-order valence-electron chi connectivity index (χ0n) is 10.4. The minimum atomic E-state index is -0.288. The molecule has 5 N–H and O–H groups in total. The fraction of sp³-hybridized carbons (Fsp3) is 0.0769. The van der Waals surface area contributed by atoms with Gasteiger partial charge in [0, 0.05) is 30.2 Å². The van der Waals surface area contributed by atoms with E-state index in [1.54, 1.807) is 43.6 Å². The van der Waals surface area contributed by atoms with Crippen molar-refractivity contribution in [1.29, 1.82) is 0 Å². The van der Waals surface area contributed by atoms with Gasteiger partial charge in [-0.2, -0.15) is 0 Å². The lowest BCUT2D eigenvalue weighted by Gasteiger charge is -2.05. The summed E-state index contributed by atoms with van der Waals surface area (Å²) in [7, 11) is 1.56. The van der Waals surface area contributed by atoms with Crippen LogP contribution in [0, 0.1) is 0 Å². The minimum Gasteiger partial charge on any atom is -0.397 e. The Morgan fingerprint density at radius 2 is 1.84 bits per heavy atom. The normalized spacial score (nSPS) is 9.95. The van der Waals surface area contributed by atoms with E-state index in [0.717, 1.165) is 0 Å². The van der Waals surface area contributed by atoms with Gasteiger partial charge in [0.25, 0.3) is 11.8 Å². The largest absolute Gasteiger partial charge is 0.397 e. The topological polar surface area (TPSA) is 100 Å². The molecule has 98 valence electrons. The molecule has 0 aliphatic carbocycles. The maximum Gasteiger partial charge on any atom is 0.272 e. The molecule has 6 heteroatoms. The van der Waals surface area contributed by atoms with Crippen molar-refractivity contribution in [2.45, 2.75) is 0 Å². The number of hydrogen-bond donors (Lipinski definition) is 4. The summed E-state index contributed by atoms with van der Waals surface area (Å²) in [6.45, 7) is 0. The highest BCUT2D eigenvalue weighted by atomic mass is 16.2. The Morgan fingerprint density at radius 1 is 1.16 bits per heavy atom. The van der Waals surface area contributed by atoms with Gasteiger partial charge in [-0.15, -0.1) is 0 Å². The first kappa shape index (κ1) is 12.7. The van der Waals surface area contributed by atoms with Crippen LogP contribution in [0.3, 0.4) is 0 Å². The molecule has 6 nitrogen and oxygen atoms in total. The molecular formula is C13H14N4O2. The van der Waals surface area contributed by atoms with E-state index in [0.29, 0.717) is 22.6 Å². The highest BCUT2D eigenvalue weighted by Crippen LogP contribution is 2.12. The Kier molecular flexibility index (Phi) is 3.51. The van der Waals surface area contributed by atoms with Gasteiger partial charge in [0.15, 0.2) is 0 Å². The van der Waals surface area contributed by atoms with Crippen molar-refractivity contribution in [2.75, 3.05) is 18.1 Å². The first-order valence-corrected chi connectivity index (χ1v) is 5.67. The second-order valence-electron chi connectivity index (χ2n) is 3.96. The van der Waals surface area contributed by atoms with Crippen LogP contribution < -0.4 is 16.4 Å². The Bertz CT molecular complexity index is 601. The smallest absolute Gasteiger partial charge is 0.272 e. The van der Waals surface area contributed by atoms with Crippen molar-refractivity contribution in [3.05, 3.63) is 47.8 Å². The molecule has 1 aromatic carbocycles. The first-order chi connectivity index (χ1) is 9.10. The predicted molar refractivity (Wildman–Crippen MR) is 73.0 cm³/mol. The molecule has 1 heterocycles. The Morgan fingerprint density at radius 3 is 2.37 bits per heavy atom. The van der Waals surface area contributed by atoms with Gasteiger partial charge >= 0.3 is 0 Å². The van der Waals surface area contributed by atoms with E-state index in [1.807, 2.05) is 0 Å². The molecule has 2 rings (SSSR count). The number of carbonyl (C=O) groups is 2. The molecule has 0 aliphatic rings. The number of rotatable bonds is 3. The maximum atomic E-state index is 11.8. The highest BCUT2D eigenvalue weighted by molar-refractivity contribution is 6.03. The maximum absolute atomic E-state index is 11.8. The molecule has 0 radical (unpaired) electrons. The summed E-state index contributed by atoms with van der Waals surface area (Å²) in [4.78, 5) is 25.9. The van der Waals surface area contributed by atoms with Crippen LogP contribution in [0.25, 0.3) is 0 Å². The molecule has 2 aromatic rings. The SMILES string of the molecule is CNC(=O)c1ccc(NC(=O)c2cc(N)c[nH]2)cc1. The lowest BCUT2D eigenvalue weighted by Crippen LogP contribution is -2.18. The number of nitrogens with one attached hydrogen (secondary N) is 3. The number of hydrogen-bond acceptors (Lipinski definition) is 3. The zero-order valence-corrected chi connectivity index (χ0v) is 10.4. The Labute approximate surface area is 110 Å². The van der Waals surface area contributed by atoms with Crippen LogP contribution in [0.15, 0.2) is 36.5 Å². The van der Waals surface area contributed by atoms with Crippen LogP contribution in [0.5, 0.6) is 0 Å². The summed E-state index contributed by atoms with van der Waals surface area (Å²) < 4.78 is 0. The number of nitrogens with two attached hydrogens (primary N) is 1. The van der Waals surface area contributed by atoms with Crippen molar-refractivity contribution < 1.29 is 9.59 Å². The van der Waals surface area contributed by atoms with Gasteiger partial charge in [0.05, 0.1) is 0 Å². The summed E-state index contributed by atoms with van der Waals surface area (Å²) in [6, 6.07) is 8.15. The van der Waals surface area contributed by atoms with Gasteiger partial charge in [0.1, 0.15) is 5.69 Å². The minimum absolute atomic E-state index is 0.171. The number of benzene rings is 1. The second kappa shape index (κ2) is 5.26. The van der Waals surface area contributed by atoms with E-state index < -0.39 is 0 Å². The van der Waals surface area contributed by atoms with Gasteiger partial charge in [-0.05, 0) is 30.3 Å².